The number of ether oxygens (including phenoxy) is 1. The lowest BCUT2D eigenvalue weighted by molar-refractivity contribution is 0.147. The van der Waals surface area contributed by atoms with Crippen molar-refractivity contribution in [2.75, 3.05) is 6.61 Å². The standard InChI is InChI=1S/C8H18N2O2/c1-4-12-8(11)10-7(9)5-6(2)3/h6-7H,4-5,9H2,1-3H3,(H,10,11). The molecule has 0 aliphatic rings. The van der Waals surface area contributed by atoms with Crippen LogP contribution in [-0.4, -0.2) is 18.9 Å². The van der Waals surface area contributed by atoms with Gasteiger partial charge in [0.05, 0.1) is 12.8 Å². The number of carbonyl (C=O) groups excluding carboxylic acids is 1. The first kappa shape index (κ1) is 11.2. The Morgan fingerprint density at radius 2 is 2.17 bits per heavy atom. The quantitative estimate of drug-likeness (QED) is 0.626. The van der Waals surface area contributed by atoms with E-state index in [2.05, 4.69) is 10.1 Å². The van der Waals surface area contributed by atoms with Crippen LogP contribution in [0.1, 0.15) is 27.2 Å². The summed E-state index contributed by atoms with van der Waals surface area (Å²) < 4.78 is 4.66. The summed E-state index contributed by atoms with van der Waals surface area (Å²) in [4.78, 5) is 10.8. The van der Waals surface area contributed by atoms with Crippen molar-refractivity contribution >= 4 is 6.09 Å². The molecular formula is C8H18N2O2. The molecule has 0 heterocycles. The molecule has 1 atom stereocenters. The molecule has 0 aromatic heterocycles. The molecule has 0 aromatic carbocycles. The molecule has 0 aromatic rings. The van der Waals surface area contributed by atoms with E-state index in [0.717, 1.165) is 6.42 Å². The molecule has 1 unspecified atom stereocenters. The highest BCUT2D eigenvalue weighted by Gasteiger charge is 2.08. The predicted octanol–water partition coefficient (Wildman–Crippen LogP) is 1.06. The van der Waals surface area contributed by atoms with Gasteiger partial charge in [0.2, 0.25) is 0 Å². The Labute approximate surface area is 73.5 Å². The lowest BCUT2D eigenvalue weighted by atomic mass is 10.1. The second-order valence-electron chi connectivity index (χ2n) is 3.10. The largest absolute Gasteiger partial charge is 0.450 e. The van der Waals surface area contributed by atoms with Crippen LogP contribution >= 0.6 is 0 Å². The van der Waals surface area contributed by atoms with E-state index in [1.807, 2.05) is 13.8 Å². The number of amides is 1. The molecular weight excluding hydrogens is 156 g/mol. The lowest BCUT2D eigenvalue weighted by Crippen LogP contribution is -2.42. The topological polar surface area (TPSA) is 64.3 Å². The Balaban J connectivity index is 3.54. The van der Waals surface area contributed by atoms with Gasteiger partial charge in [0, 0.05) is 0 Å². The summed E-state index contributed by atoms with van der Waals surface area (Å²) in [6, 6.07) is 0. The van der Waals surface area contributed by atoms with Crippen LogP contribution in [0.15, 0.2) is 0 Å². The number of nitrogens with two attached hydrogens (primary N) is 1. The molecule has 0 aliphatic carbocycles. The zero-order valence-corrected chi connectivity index (χ0v) is 7.96. The SMILES string of the molecule is CCOC(=O)NC(N)CC(C)C. The Morgan fingerprint density at radius 3 is 2.58 bits per heavy atom. The summed E-state index contributed by atoms with van der Waals surface area (Å²) in [5.74, 6) is 0.474. The highest BCUT2D eigenvalue weighted by molar-refractivity contribution is 5.67. The average Bonchev–Trinajstić information content (AvgIpc) is 1.84. The molecule has 0 saturated carbocycles. The zero-order valence-electron chi connectivity index (χ0n) is 7.96. The van der Waals surface area contributed by atoms with Gasteiger partial charge in [0.25, 0.3) is 0 Å². The van der Waals surface area contributed by atoms with Crippen LogP contribution in [0.2, 0.25) is 0 Å². The van der Waals surface area contributed by atoms with E-state index in [4.69, 9.17) is 5.73 Å². The number of rotatable bonds is 4. The minimum atomic E-state index is -0.439. The summed E-state index contributed by atoms with van der Waals surface area (Å²) >= 11 is 0. The highest BCUT2D eigenvalue weighted by Crippen LogP contribution is 2.00. The first-order chi connectivity index (χ1) is 5.56. The van der Waals surface area contributed by atoms with Crippen LogP contribution in [0, 0.1) is 5.92 Å². The summed E-state index contributed by atoms with van der Waals surface area (Å²) in [5.41, 5.74) is 5.59. The van der Waals surface area contributed by atoms with Crippen LogP contribution in [0.3, 0.4) is 0 Å². The van der Waals surface area contributed by atoms with Crippen LogP contribution in [0.5, 0.6) is 0 Å². The van der Waals surface area contributed by atoms with Crippen molar-refractivity contribution in [3.63, 3.8) is 0 Å². The fraction of sp³-hybridized carbons (Fsp3) is 0.875. The lowest BCUT2D eigenvalue weighted by Gasteiger charge is -2.14. The van der Waals surface area contributed by atoms with E-state index >= 15 is 0 Å². The van der Waals surface area contributed by atoms with Gasteiger partial charge in [-0.05, 0) is 19.3 Å². The molecule has 72 valence electrons. The third-order valence-electron chi connectivity index (χ3n) is 1.30. The molecule has 0 bridgehead atoms. The maximum atomic E-state index is 10.8. The Hall–Kier alpha value is -0.770. The van der Waals surface area contributed by atoms with Crippen molar-refractivity contribution in [2.45, 2.75) is 33.4 Å². The number of hydrogen-bond donors (Lipinski definition) is 2. The van der Waals surface area contributed by atoms with E-state index in [0.29, 0.717) is 12.5 Å². The van der Waals surface area contributed by atoms with Crippen molar-refractivity contribution in [1.29, 1.82) is 0 Å². The molecule has 0 spiro atoms. The molecule has 0 fully saturated rings. The Kier molecular flexibility index (Phi) is 5.45. The second kappa shape index (κ2) is 5.83. The van der Waals surface area contributed by atoms with Crippen molar-refractivity contribution in [2.24, 2.45) is 11.7 Å². The summed E-state index contributed by atoms with van der Waals surface area (Å²) in [5, 5.41) is 2.53. The summed E-state index contributed by atoms with van der Waals surface area (Å²) in [7, 11) is 0. The van der Waals surface area contributed by atoms with Crippen LogP contribution in [0.4, 0.5) is 4.79 Å². The fourth-order valence-electron chi connectivity index (χ4n) is 0.891. The minimum Gasteiger partial charge on any atom is -0.450 e. The molecule has 0 saturated heterocycles. The normalized spacial score (nSPS) is 12.8. The van der Waals surface area contributed by atoms with Gasteiger partial charge < -0.3 is 15.8 Å². The van der Waals surface area contributed by atoms with Crippen LogP contribution in [0.25, 0.3) is 0 Å². The molecule has 4 heteroatoms. The number of nitrogens with one attached hydrogen (secondary N) is 1. The van der Waals surface area contributed by atoms with Gasteiger partial charge in [-0.2, -0.15) is 0 Å². The van der Waals surface area contributed by atoms with Crippen LogP contribution in [-0.2, 0) is 4.74 Å². The van der Waals surface area contributed by atoms with E-state index < -0.39 is 6.09 Å². The van der Waals surface area contributed by atoms with E-state index in [-0.39, 0.29) is 6.17 Å². The van der Waals surface area contributed by atoms with Crippen molar-refractivity contribution in [3.8, 4) is 0 Å². The van der Waals surface area contributed by atoms with Crippen molar-refractivity contribution in [3.05, 3.63) is 0 Å². The zero-order chi connectivity index (χ0) is 9.56. The predicted molar refractivity (Wildman–Crippen MR) is 47.6 cm³/mol. The highest BCUT2D eigenvalue weighted by atomic mass is 16.5. The average molecular weight is 174 g/mol. The third kappa shape index (κ3) is 5.97. The molecule has 1 amide bonds. The third-order valence-corrected chi connectivity index (χ3v) is 1.30. The Morgan fingerprint density at radius 1 is 1.58 bits per heavy atom. The second-order valence-corrected chi connectivity index (χ2v) is 3.10. The fourth-order valence-corrected chi connectivity index (χ4v) is 0.891. The van der Waals surface area contributed by atoms with Crippen molar-refractivity contribution < 1.29 is 9.53 Å². The number of carbonyl (C=O) groups is 1. The molecule has 0 radical (unpaired) electrons. The van der Waals surface area contributed by atoms with Crippen molar-refractivity contribution in [1.82, 2.24) is 5.32 Å². The summed E-state index contributed by atoms with van der Waals surface area (Å²) in [6.07, 6.45) is 0.0217. The maximum absolute atomic E-state index is 10.8. The van der Waals surface area contributed by atoms with Gasteiger partial charge in [-0.25, -0.2) is 4.79 Å². The van der Waals surface area contributed by atoms with E-state index in [9.17, 15) is 4.79 Å². The molecule has 12 heavy (non-hydrogen) atoms. The van der Waals surface area contributed by atoms with Gasteiger partial charge >= 0.3 is 6.09 Å². The number of alkyl carbamates (subject to hydrolysis) is 1. The molecule has 4 nitrogen and oxygen atoms in total. The molecule has 3 N–H and O–H groups in total. The molecule has 0 aliphatic heterocycles. The molecule has 0 rings (SSSR count). The van der Waals surface area contributed by atoms with Gasteiger partial charge in [-0.15, -0.1) is 0 Å². The van der Waals surface area contributed by atoms with Gasteiger partial charge in [-0.3, -0.25) is 0 Å². The minimum absolute atomic E-state index is 0.302. The smallest absolute Gasteiger partial charge is 0.408 e. The van der Waals surface area contributed by atoms with Gasteiger partial charge in [0.15, 0.2) is 0 Å². The monoisotopic (exact) mass is 174 g/mol. The maximum Gasteiger partial charge on any atom is 0.408 e. The Bertz CT molecular complexity index is 137. The summed E-state index contributed by atoms with van der Waals surface area (Å²) in [6.45, 7) is 6.23. The van der Waals surface area contributed by atoms with Gasteiger partial charge in [-0.1, -0.05) is 13.8 Å². The first-order valence-electron chi connectivity index (χ1n) is 4.25. The van der Waals surface area contributed by atoms with E-state index in [1.54, 1.807) is 6.92 Å². The van der Waals surface area contributed by atoms with Gasteiger partial charge in [0.1, 0.15) is 0 Å². The first-order valence-corrected chi connectivity index (χ1v) is 4.25. The number of hydrogen-bond acceptors (Lipinski definition) is 3. The van der Waals surface area contributed by atoms with Crippen LogP contribution < -0.4 is 11.1 Å². The van der Waals surface area contributed by atoms with E-state index in [1.165, 1.54) is 0 Å².